The van der Waals surface area contributed by atoms with Crippen LogP contribution in [-0.2, 0) is 18.9 Å². The Balaban J connectivity index is 2.86. The van der Waals surface area contributed by atoms with E-state index in [-0.39, 0.29) is 0 Å². The van der Waals surface area contributed by atoms with Crippen LogP contribution in [0.25, 0.3) is 0 Å². The highest BCUT2D eigenvalue weighted by Crippen LogP contribution is 2.27. The van der Waals surface area contributed by atoms with Crippen molar-refractivity contribution in [3.8, 4) is 0 Å². The van der Waals surface area contributed by atoms with Crippen molar-refractivity contribution in [3.05, 3.63) is 24.3 Å². The first kappa shape index (κ1) is 11.4. The number of rotatable bonds is 4. The molecule has 0 spiro atoms. The van der Waals surface area contributed by atoms with E-state index in [1.165, 1.54) is 0 Å². The van der Waals surface area contributed by atoms with E-state index in [9.17, 15) is 0 Å². The molecule has 0 atom stereocenters. The van der Waals surface area contributed by atoms with Crippen molar-refractivity contribution in [2.24, 2.45) is 0 Å². The van der Waals surface area contributed by atoms with Gasteiger partial charge in [0.2, 0.25) is 11.6 Å². The zero-order chi connectivity index (χ0) is 10.7. The van der Waals surface area contributed by atoms with Crippen LogP contribution in [0.1, 0.15) is 0 Å². The predicted molar refractivity (Wildman–Crippen MR) is 51.8 cm³/mol. The van der Waals surface area contributed by atoms with E-state index in [0.29, 0.717) is 0 Å². The zero-order valence-corrected chi connectivity index (χ0v) is 8.94. The van der Waals surface area contributed by atoms with E-state index in [2.05, 4.69) is 0 Å². The van der Waals surface area contributed by atoms with Gasteiger partial charge in [0.1, 0.15) is 0 Å². The summed E-state index contributed by atoms with van der Waals surface area (Å²) in [7, 11) is 6.30. The van der Waals surface area contributed by atoms with Gasteiger partial charge in [-0.25, -0.2) is 0 Å². The van der Waals surface area contributed by atoms with Gasteiger partial charge in [0.25, 0.3) is 0 Å². The van der Waals surface area contributed by atoms with Crippen LogP contribution in [0.5, 0.6) is 0 Å². The zero-order valence-electron chi connectivity index (χ0n) is 8.94. The maximum Gasteiger partial charge on any atom is 0.207 e. The van der Waals surface area contributed by atoms with Gasteiger partial charge in [-0.1, -0.05) is 0 Å². The average molecular weight is 200 g/mol. The van der Waals surface area contributed by atoms with Gasteiger partial charge in [0, 0.05) is 28.4 Å². The van der Waals surface area contributed by atoms with Gasteiger partial charge in [0.05, 0.1) is 0 Å². The van der Waals surface area contributed by atoms with Crippen LogP contribution in [0.15, 0.2) is 24.3 Å². The van der Waals surface area contributed by atoms with Crippen molar-refractivity contribution in [1.82, 2.24) is 0 Å². The molecule has 80 valence electrons. The summed E-state index contributed by atoms with van der Waals surface area (Å²) >= 11 is 0. The van der Waals surface area contributed by atoms with Gasteiger partial charge in [-0.05, 0) is 24.3 Å². The number of methoxy groups -OCH3 is 4. The molecule has 1 aliphatic rings. The molecular weight excluding hydrogens is 184 g/mol. The van der Waals surface area contributed by atoms with E-state index in [0.717, 1.165) is 0 Å². The molecule has 0 amide bonds. The SMILES string of the molecule is COC1(OC)C=CC(OC)(OC)C=C1. The second kappa shape index (κ2) is 4.23. The van der Waals surface area contributed by atoms with Crippen LogP contribution >= 0.6 is 0 Å². The highest BCUT2D eigenvalue weighted by atomic mass is 16.7. The minimum Gasteiger partial charge on any atom is -0.346 e. The molecule has 0 fully saturated rings. The Hall–Kier alpha value is -0.680. The Kier molecular flexibility index (Phi) is 3.44. The summed E-state index contributed by atoms with van der Waals surface area (Å²) in [5, 5.41) is 0. The molecule has 0 aromatic rings. The summed E-state index contributed by atoms with van der Waals surface area (Å²) in [6.07, 6.45) is 7.00. The molecular formula is C10H16O4. The molecule has 4 nitrogen and oxygen atoms in total. The van der Waals surface area contributed by atoms with E-state index in [1.54, 1.807) is 52.7 Å². The summed E-state index contributed by atoms with van der Waals surface area (Å²) in [6.45, 7) is 0. The highest BCUT2D eigenvalue weighted by Gasteiger charge is 2.33. The fourth-order valence-electron chi connectivity index (χ4n) is 1.29. The van der Waals surface area contributed by atoms with Gasteiger partial charge in [-0.2, -0.15) is 0 Å². The second-order valence-electron chi connectivity index (χ2n) is 2.93. The molecule has 4 heteroatoms. The number of hydrogen-bond donors (Lipinski definition) is 0. The van der Waals surface area contributed by atoms with Crippen LogP contribution in [0.2, 0.25) is 0 Å². The Morgan fingerprint density at radius 3 is 0.929 bits per heavy atom. The smallest absolute Gasteiger partial charge is 0.207 e. The quantitative estimate of drug-likeness (QED) is 0.503. The molecule has 0 saturated carbocycles. The molecule has 0 saturated heterocycles. The van der Waals surface area contributed by atoms with E-state index < -0.39 is 11.6 Å². The van der Waals surface area contributed by atoms with Crippen molar-refractivity contribution in [2.45, 2.75) is 11.6 Å². The molecule has 0 unspecified atom stereocenters. The Labute approximate surface area is 84.1 Å². The van der Waals surface area contributed by atoms with E-state index >= 15 is 0 Å². The van der Waals surface area contributed by atoms with Crippen LogP contribution in [-0.4, -0.2) is 40.0 Å². The fraction of sp³-hybridized carbons (Fsp3) is 0.600. The Morgan fingerprint density at radius 2 is 0.786 bits per heavy atom. The summed E-state index contributed by atoms with van der Waals surface area (Å²) in [5.74, 6) is -1.61. The molecule has 0 N–H and O–H groups in total. The lowest BCUT2D eigenvalue weighted by Gasteiger charge is -2.33. The molecule has 0 heterocycles. The third kappa shape index (κ3) is 1.88. The molecule has 0 radical (unpaired) electrons. The fourth-order valence-corrected chi connectivity index (χ4v) is 1.29. The number of hydrogen-bond acceptors (Lipinski definition) is 4. The van der Waals surface area contributed by atoms with Crippen LogP contribution in [0.4, 0.5) is 0 Å². The van der Waals surface area contributed by atoms with Gasteiger partial charge in [-0.3, -0.25) is 0 Å². The van der Waals surface area contributed by atoms with Crippen LogP contribution in [0.3, 0.4) is 0 Å². The highest BCUT2D eigenvalue weighted by molar-refractivity contribution is 5.24. The molecule has 1 rings (SSSR count). The monoisotopic (exact) mass is 200 g/mol. The lowest BCUT2D eigenvalue weighted by atomic mass is 10.1. The van der Waals surface area contributed by atoms with Crippen LogP contribution < -0.4 is 0 Å². The van der Waals surface area contributed by atoms with Crippen molar-refractivity contribution < 1.29 is 18.9 Å². The summed E-state index contributed by atoms with van der Waals surface area (Å²) < 4.78 is 20.8. The Morgan fingerprint density at radius 1 is 0.571 bits per heavy atom. The molecule has 1 aliphatic carbocycles. The van der Waals surface area contributed by atoms with Gasteiger partial charge in [0.15, 0.2) is 0 Å². The Bertz CT molecular complexity index is 195. The predicted octanol–water partition coefficient (Wildman–Crippen LogP) is 1.09. The lowest BCUT2D eigenvalue weighted by molar-refractivity contribution is -0.159. The second-order valence-corrected chi connectivity index (χ2v) is 2.93. The third-order valence-corrected chi connectivity index (χ3v) is 2.37. The van der Waals surface area contributed by atoms with E-state index in [1.807, 2.05) is 0 Å². The van der Waals surface area contributed by atoms with Crippen LogP contribution in [0, 0.1) is 0 Å². The summed E-state index contributed by atoms with van der Waals surface area (Å²) in [4.78, 5) is 0. The molecule has 14 heavy (non-hydrogen) atoms. The van der Waals surface area contributed by atoms with Gasteiger partial charge >= 0.3 is 0 Å². The van der Waals surface area contributed by atoms with Crippen molar-refractivity contribution in [1.29, 1.82) is 0 Å². The number of ether oxygens (including phenoxy) is 4. The average Bonchev–Trinajstić information content (AvgIpc) is 2.29. The standard InChI is InChI=1S/C10H16O4/c1-11-9(12-2)5-7-10(13-3,14-4)8-6-9/h5-8H,1-4H3. The lowest BCUT2D eigenvalue weighted by Crippen LogP contribution is -2.38. The summed E-state index contributed by atoms with van der Waals surface area (Å²) in [5.41, 5.74) is 0. The largest absolute Gasteiger partial charge is 0.346 e. The van der Waals surface area contributed by atoms with E-state index in [4.69, 9.17) is 18.9 Å². The normalized spacial score (nSPS) is 22.6. The minimum absolute atomic E-state index is 0.805. The maximum atomic E-state index is 5.20. The summed E-state index contributed by atoms with van der Waals surface area (Å²) in [6, 6.07) is 0. The molecule has 0 aliphatic heterocycles. The van der Waals surface area contributed by atoms with Gasteiger partial charge < -0.3 is 18.9 Å². The van der Waals surface area contributed by atoms with Crippen molar-refractivity contribution in [3.63, 3.8) is 0 Å². The molecule has 0 bridgehead atoms. The first-order chi connectivity index (χ1) is 6.66. The third-order valence-electron chi connectivity index (χ3n) is 2.37. The topological polar surface area (TPSA) is 36.9 Å². The van der Waals surface area contributed by atoms with Crippen molar-refractivity contribution >= 4 is 0 Å². The first-order valence-corrected chi connectivity index (χ1v) is 4.27. The maximum absolute atomic E-state index is 5.20. The van der Waals surface area contributed by atoms with Crippen molar-refractivity contribution in [2.75, 3.05) is 28.4 Å². The minimum atomic E-state index is -0.805. The van der Waals surface area contributed by atoms with Gasteiger partial charge in [-0.15, -0.1) is 0 Å². The molecule has 0 aromatic carbocycles. The molecule has 0 aromatic heterocycles. The first-order valence-electron chi connectivity index (χ1n) is 4.27.